The van der Waals surface area contributed by atoms with E-state index in [1.165, 1.54) is 51.4 Å². The summed E-state index contributed by atoms with van der Waals surface area (Å²) >= 11 is 5.66. The zero-order valence-electron chi connectivity index (χ0n) is 20.4. The van der Waals surface area contributed by atoms with Crippen molar-refractivity contribution in [1.29, 1.82) is 0 Å². The normalized spacial score (nSPS) is 29.0. The van der Waals surface area contributed by atoms with E-state index in [1.54, 1.807) is 0 Å². The summed E-state index contributed by atoms with van der Waals surface area (Å²) in [5.74, 6) is 3.77. The first-order valence-electron chi connectivity index (χ1n) is 12.9. The molecule has 0 aromatic carbocycles. The van der Waals surface area contributed by atoms with Crippen molar-refractivity contribution in [1.82, 2.24) is 5.32 Å². The summed E-state index contributed by atoms with van der Waals surface area (Å²) in [6.07, 6.45) is 13.7. The van der Waals surface area contributed by atoms with Gasteiger partial charge in [0, 0.05) is 24.9 Å². The monoisotopic (exact) mass is 457 g/mol. The molecule has 2 aliphatic carbocycles. The number of halogens is 1. The van der Waals surface area contributed by atoms with Gasteiger partial charge in [0.1, 0.15) is 0 Å². The summed E-state index contributed by atoms with van der Waals surface area (Å²) in [7, 11) is 0. The fraction of sp³-hybridized carbons (Fsp3) is 0.962. The summed E-state index contributed by atoms with van der Waals surface area (Å²) in [5.41, 5.74) is 0.440. The smallest absolute Gasteiger partial charge is 0.222 e. The second-order valence-electron chi connectivity index (χ2n) is 10.8. The molecule has 2 saturated carbocycles. The number of amides is 1. The predicted octanol–water partition coefficient (Wildman–Crippen LogP) is 6.20. The highest BCUT2D eigenvalue weighted by Crippen LogP contribution is 2.52. The third kappa shape index (κ3) is 10.9. The highest BCUT2D eigenvalue weighted by molar-refractivity contribution is 6.17. The Kier molecular flexibility index (Phi) is 12.8. The van der Waals surface area contributed by atoms with Crippen molar-refractivity contribution in [2.24, 2.45) is 29.1 Å². The molecule has 31 heavy (non-hydrogen) atoms. The Morgan fingerprint density at radius 1 is 1.00 bits per heavy atom. The van der Waals surface area contributed by atoms with Crippen LogP contribution in [0.4, 0.5) is 0 Å². The molecule has 0 heterocycles. The Hall–Kier alpha value is -0.320. The summed E-state index contributed by atoms with van der Waals surface area (Å²) < 4.78 is 11.1. The minimum atomic E-state index is 0.0830. The van der Waals surface area contributed by atoms with Crippen LogP contribution in [0.2, 0.25) is 0 Å². The second-order valence-corrected chi connectivity index (χ2v) is 11.2. The van der Waals surface area contributed by atoms with E-state index in [4.69, 9.17) is 21.1 Å². The molecule has 2 rings (SSSR count). The molecular weight excluding hydrogens is 410 g/mol. The van der Waals surface area contributed by atoms with Crippen molar-refractivity contribution in [2.75, 3.05) is 38.9 Å². The van der Waals surface area contributed by atoms with Gasteiger partial charge in [0.2, 0.25) is 5.91 Å². The van der Waals surface area contributed by atoms with Crippen LogP contribution in [0, 0.1) is 29.1 Å². The number of fused-ring (bicyclic) bond motifs is 2. The van der Waals surface area contributed by atoms with Gasteiger partial charge in [0.05, 0.1) is 19.8 Å². The predicted molar refractivity (Wildman–Crippen MR) is 130 cm³/mol. The number of hydrogen-bond acceptors (Lipinski definition) is 3. The van der Waals surface area contributed by atoms with Crippen LogP contribution in [0.5, 0.6) is 0 Å². The first kappa shape index (κ1) is 26.9. The zero-order valence-corrected chi connectivity index (χ0v) is 21.2. The van der Waals surface area contributed by atoms with Gasteiger partial charge < -0.3 is 14.8 Å². The molecule has 5 heteroatoms. The number of carbonyl (C=O) groups excluding carboxylic acids is 1. The average Bonchev–Trinajstić information content (AvgIpc) is 2.71. The fourth-order valence-corrected chi connectivity index (χ4v) is 6.19. The molecule has 2 aliphatic rings. The minimum Gasteiger partial charge on any atom is -0.379 e. The van der Waals surface area contributed by atoms with E-state index in [0.29, 0.717) is 31.8 Å². The molecule has 3 unspecified atom stereocenters. The van der Waals surface area contributed by atoms with E-state index in [9.17, 15) is 4.79 Å². The minimum absolute atomic E-state index is 0.0830. The van der Waals surface area contributed by atoms with Crippen molar-refractivity contribution < 1.29 is 14.3 Å². The molecular formula is C26H48ClNO3. The number of alkyl halides is 1. The van der Waals surface area contributed by atoms with Gasteiger partial charge >= 0.3 is 0 Å². The molecule has 4 nitrogen and oxygen atoms in total. The van der Waals surface area contributed by atoms with Gasteiger partial charge in [0.15, 0.2) is 0 Å². The molecule has 0 aromatic heterocycles. The molecule has 0 aliphatic heterocycles. The van der Waals surface area contributed by atoms with Gasteiger partial charge in [-0.05, 0) is 81.0 Å². The maximum Gasteiger partial charge on any atom is 0.222 e. The number of carbonyl (C=O) groups is 1. The van der Waals surface area contributed by atoms with Crippen LogP contribution in [0.15, 0.2) is 0 Å². The summed E-state index contributed by atoms with van der Waals surface area (Å²) in [5, 5.41) is 3.04. The molecule has 182 valence electrons. The van der Waals surface area contributed by atoms with Crippen molar-refractivity contribution in [3.05, 3.63) is 0 Å². The standard InChI is InChI=1S/C26H48ClNO3/c1-21-16-23-18-24(17-21)20-26(3,19-23)9-8-22(2)25(29)28-11-13-31-15-14-30-12-7-5-4-6-10-27/h21-24H,4-20H2,1-3H3,(H,28,29). The Bertz CT molecular complexity index is 483. The SMILES string of the molecule is CC1CC2CC(C1)CC(C)(CCC(C)C(=O)NCCOCCOCCCCCCCl)C2. The van der Waals surface area contributed by atoms with E-state index < -0.39 is 0 Å². The molecule has 2 bridgehead atoms. The van der Waals surface area contributed by atoms with Crippen LogP contribution >= 0.6 is 11.6 Å². The molecule has 0 spiro atoms. The first-order chi connectivity index (χ1) is 14.9. The highest BCUT2D eigenvalue weighted by atomic mass is 35.5. The topological polar surface area (TPSA) is 47.6 Å². The van der Waals surface area contributed by atoms with Gasteiger partial charge in [-0.2, -0.15) is 0 Å². The van der Waals surface area contributed by atoms with Crippen LogP contribution in [-0.2, 0) is 14.3 Å². The Morgan fingerprint density at radius 3 is 2.32 bits per heavy atom. The lowest BCUT2D eigenvalue weighted by Crippen LogP contribution is -2.37. The van der Waals surface area contributed by atoms with Crippen LogP contribution in [0.3, 0.4) is 0 Å². The lowest BCUT2D eigenvalue weighted by atomic mass is 9.58. The van der Waals surface area contributed by atoms with E-state index in [2.05, 4.69) is 26.1 Å². The van der Waals surface area contributed by atoms with Gasteiger partial charge in [-0.1, -0.05) is 33.6 Å². The van der Waals surface area contributed by atoms with Crippen LogP contribution in [0.1, 0.15) is 91.4 Å². The van der Waals surface area contributed by atoms with E-state index in [1.807, 2.05) is 0 Å². The van der Waals surface area contributed by atoms with Gasteiger partial charge in [-0.25, -0.2) is 0 Å². The maximum absolute atomic E-state index is 12.4. The number of hydrogen-bond donors (Lipinski definition) is 1. The third-order valence-corrected chi connectivity index (χ3v) is 7.69. The van der Waals surface area contributed by atoms with Crippen molar-refractivity contribution in [3.8, 4) is 0 Å². The molecule has 1 N–H and O–H groups in total. The number of ether oxygens (including phenoxy) is 2. The zero-order chi connectivity index (χ0) is 22.5. The van der Waals surface area contributed by atoms with Crippen molar-refractivity contribution in [2.45, 2.75) is 91.4 Å². The summed E-state index contributed by atoms with van der Waals surface area (Å²) in [4.78, 5) is 12.4. The molecule has 0 radical (unpaired) electrons. The van der Waals surface area contributed by atoms with Crippen molar-refractivity contribution >= 4 is 17.5 Å². The van der Waals surface area contributed by atoms with Crippen LogP contribution in [0.25, 0.3) is 0 Å². The first-order valence-corrected chi connectivity index (χ1v) is 13.4. The van der Waals surface area contributed by atoms with E-state index in [0.717, 1.165) is 49.5 Å². The lowest BCUT2D eigenvalue weighted by molar-refractivity contribution is -0.125. The Morgan fingerprint density at radius 2 is 1.65 bits per heavy atom. The summed E-state index contributed by atoms with van der Waals surface area (Å²) in [6, 6.07) is 0. The molecule has 2 fully saturated rings. The van der Waals surface area contributed by atoms with Gasteiger partial charge in [-0.3, -0.25) is 4.79 Å². The molecule has 1 amide bonds. The Labute approximate surface area is 196 Å². The van der Waals surface area contributed by atoms with Crippen LogP contribution in [-0.4, -0.2) is 44.8 Å². The molecule has 0 saturated heterocycles. The number of rotatable bonds is 16. The quantitative estimate of drug-likeness (QED) is 0.221. The van der Waals surface area contributed by atoms with Crippen molar-refractivity contribution in [3.63, 3.8) is 0 Å². The maximum atomic E-state index is 12.4. The van der Waals surface area contributed by atoms with Crippen LogP contribution < -0.4 is 5.32 Å². The number of unbranched alkanes of at least 4 members (excludes halogenated alkanes) is 3. The lowest BCUT2D eigenvalue weighted by Gasteiger charge is -2.47. The molecule has 3 atom stereocenters. The largest absolute Gasteiger partial charge is 0.379 e. The van der Waals surface area contributed by atoms with Gasteiger partial charge in [-0.15, -0.1) is 11.6 Å². The Balaban J connectivity index is 1.46. The average molecular weight is 458 g/mol. The van der Waals surface area contributed by atoms with Gasteiger partial charge in [0.25, 0.3) is 0 Å². The highest BCUT2D eigenvalue weighted by Gasteiger charge is 2.40. The molecule has 0 aromatic rings. The van der Waals surface area contributed by atoms with E-state index >= 15 is 0 Å². The third-order valence-electron chi connectivity index (χ3n) is 7.42. The fourth-order valence-electron chi connectivity index (χ4n) is 6.00. The van der Waals surface area contributed by atoms with E-state index in [-0.39, 0.29) is 11.8 Å². The number of nitrogens with one attached hydrogen (secondary N) is 1. The second kappa shape index (κ2) is 14.8. The summed E-state index contributed by atoms with van der Waals surface area (Å²) in [6.45, 7) is 10.1.